The summed E-state index contributed by atoms with van der Waals surface area (Å²) in [6.45, 7) is 1.35. The van der Waals surface area contributed by atoms with Crippen molar-refractivity contribution in [1.29, 1.82) is 0 Å². The van der Waals surface area contributed by atoms with Crippen LogP contribution in [-0.2, 0) is 9.47 Å². The highest BCUT2D eigenvalue weighted by Crippen LogP contribution is 2.65. The van der Waals surface area contributed by atoms with E-state index in [1.807, 2.05) is 0 Å². The van der Waals surface area contributed by atoms with Crippen LogP contribution in [0, 0.1) is 41.4 Å². The van der Waals surface area contributed by atoms with Crippen LogP contribution < -0.4 is 0 Å². The largest absolute Gasteiger partial charge is 0.377 e. The van der Waals surface area contributed by atoms with E-state index in [1.165, 1.54) is 11.1 Å². The van der Waals surface area contributed by atoms with Crippen molar-refractivity contribution in [2.24, 2.45) is 29.1 Å². The highest BCUT2D eigenvalue weighted by atomic mass is 16.7. The molecule has 2 saturated carbocycles. The number of fused-ring (bicyclic) bond motifs is 4. The third kappa shape index (κ3) is 2.13. The molecule has 0 aromatic heterocycles. The van der Waals surface area contributed by atoms with Crippen molar-refractivity contribution in [2.75, 3.05) is 13.2 Å². The number of hydrogen-bond donors (Lipinski definition) is 1. The third-order valence-corrected chi connectivity index (χ3v) is 8.63. The molecule has 4 aliphatic carbocycles. The monoisotopic (exact) mass is 360 g/mol. The molecule has 0 bridgehead atoms. The van der Waals surface area contributed by atoms with Crippen LogP contribution in [-0.4, -0.2) is 29.7 Å². The average Bonchev–Trinajstić information content (AvgIpc) is 3.23. The van der Waals surface area contributed by atoms with Gasteiger partial charge in [0, 0.05) is 22.4 Å². The van der Waals surface area contributed by atoms with E-state index in [2.05, 4.69) is 12.8 Å². The SMILES string of the molecule is [2H][13C]([2H])([2H])[C@H]1CC2=C(CCC3(C2)OCCO3)[C@H]2CC[C@@]3(C)[C@@H](CC[C@@]3(O)C#C)[C@@H]21. The topological polar surface area (TPSA) is 38.7 Å². The summed E-state index contributed by atoms with van der Waals surface area (Å²) in [6, 6.07) is 0. The standard InChI is InChI=1S/C23H32O3/c1-4-22(24)9-7-19-20-15(2)13-16-14-23(25-11-12-26-23)10-6-17(16)18(20)5-8-21(19,22)3/h1,15,18-20,24H,5-14H2,2-3H3/t15-,18+,19-,20+,21-,22-/m0/s1/i2+1D3. The van der Waals surface area contributed by atoms with Crippen LogP contribution in [0.3, 0.4) is 0 Å². The van der Waals surface area contributed by atoms with E-state index in [0.29, 0.717) is 38.4 Å². The fraction of sp³-hybridized carbons (Fsp3) is 0.826. The smallest absolute Gasteiger partial charge is 0.172 e. The van der Waals surface area contributed by atoms with E-state index in [1.54, 1.807) is 0 Å². The van der Waals surface area contributed by atoms with Gasteiger partial charge in [-0.25, -0.2) is 0 Å². The Hall–Kier alpha value is -0.820. The molecular formula is C23H32O3. The van der Waals surface area contributed by atoms with Crippen molar-refractivity contribution in [2.45, 2.75) is 76.5 Å². The van der Waals surface area contributed by atoms with E-state index in [0.717, 1.165) is 32.1 Å². The fourth-order valence-corrected chi connectivity index (χ4v) is 7.24. The van der Waals surface area contributed by atoms with Crippen LogP contribution in [0.25, 0.3) is 0 Å². The summed E-state index contributed by atoms with van der Waals surface area (Å²) < 4.78 is 37.0. The third-order valence-electron chi connectivity index (χ3n) is 8.63. The maximum Gasteiger partial charge on any atom is 0.172 e. The second-order valence-corrected chi connectivity index (χ2v) is 9.51. The first-order valence-corrected chi connectivity index (χ1v) is 10.3. The Labute approximate surface area is 161 Å². The Morgan fingerprint density at radius 3 is 2.77 bits per heavy atom. The van der Waals surface area contributed by atoms with Crippen molar-refractivity contribution >= 4 is 0 Å². The molecule has 0 amide bonds. The quantitative estimate of drug-likeness (QED) is 0.402. The van der Waals surface area contributed by atoms with Crippen molar-refractivity contribution < 1.29 is 18.7 Å². The molecule has 3 nitrogen and oxygen atoms in total. The normalized spacial score (nSPS) is 51.7. The summed E-state index contributed by atoms with van der Waals surface area (Å²) in [6.07, 6.45) is 12.1. The highest BCUT2D eigenvalue weighted by molar-refractivity contribution is 5.31. The van der Waals surface area contributed by atoms with Crippen LogP contribution in [0.5, 0.6) is 0 Å². The van der Waals surface area contributed by atoms with Gasteiger partial charge in [0.05, 0.1) is 13.2 Å². The lowest BCUT2D eigenvalue weighted by molar-refractivity contribution is -0.167. The molecule has 1 spiro atoms. The predicted octanol–water partition coefficient (Wildman–Crippen LogP) is 4.06. The summed E-state index contributed by atoms with van der Waals surface area (Å²) >= 11 is 0. The zero-order chi connectivity index (χ0) is 20.7. The molecule has 3 heteroatoms. The molecule has 142 valence electrons. The van der Waals surface area contributed by atoms with Crippen molar-refractivity contribution in [3.05, 3.63) is 11.1 Å². The number of terminal acetylenes is 1. The Morgan fingerprint density at radius 1 is 1.23 bits per heavy atom. The Bertz CT molecular complexity index is 775. The maximum absolute atomic E-state index is 11.2. The predicted molar refractivity (Wildman–Crippen MR) is 100 cm³/mol. The van der Waals surface area contributed by atoms with Gasteiger partial charge in [-0.1, -0.05) is 30.8 Å². The van der Waals surface area contributed by atoms with Gasteiger partial charge in [0.2, 0.25) is 0 Å². The summed E-state index contributed by atoms with van der Waals surface area (Å²) in [7, 11) is 0. The fourth-order valence-electron chi connectivity index (χ4n) is 7.24. The van der Waals surface area contributed by atoms with E-state index < -0.39 is 23.7 Å². The molecule has 1 aliphatic heterocycles. The molecule has 1 saturated heterocycles. The van der Waals surface area contributed by atoms with Gasteiger partial charge >= 0.3 is 0 Å². The minimum Gasteiger partial charge on any atom is -0.377 e. The second kappa shape index (κ2) is 5.60. The molecule has 3 fully saturated rings. The molecule has 1 N–H and O–H groups in total. The van der Waals surface area contributed by atoms with Crippen LogP contribution in [0.1, 0.15) is 69.3 Å². The summed E-state index contributed by atoms with van der Waals surface area (Å²) in [5.41, 5.74) is 1.24. The molecule has 0 aromatic rings. The van der Waals surface area contributed by atoms with E-state index in [4.69, 9.17) is 20.0 Å². The highest BCUT2D eigenvalue weighted by Gasteiger charge is 2.62. The van der Waals surface area contributed by atoms with Gasteiger partial charge in [0.25, 0.3) is 0 Å². The first-order valence-electron chi connectivity index (χ1n) is 11.8. The van der Waals surface area contributed by atoms with Crippen LogP contribution >= 0.6 is 0 Å². The molecule has 5 rings (SSSR count). The Balaban J connectivity index is 1.55. The summed E-state index contributed by atoms with van der Waals surface area (Å²) in [4.78, 5) is 0. The molecule has 0 aromatic carbocycles. The van der Waals surface area contributed by atoms with Crippen LogP contribution in [0.15, 0.2) is 11.1 Å². The minimum absolute atomic E-state index is 0.0711. The first kappa shape index (κ1) is 14.2. The number of hydrogen-bond acceptors (Lipinski definition) is 3. The van der Waals surface area contributed by atoms with Crippen molar-refractivity contribution in [3.63, 3.8) is 0 Å². The molecule has 26 heavy (non-hydrogen) atoms. The lowest BCUT2D eigenvalue weighted by atomic mass is 9.51. The summed E-state index contributed by atoms with van der Waals surface area (Å²) in [5.74, 6) is 2.31. The summed E-state index contributed by atoms with van der Waals surface area (Å²) in [5, 5.41) is 11.2. The number of rotatable bonds is 0. The number of aliphatic hydroxyl groups is 1. The second-order valence-electron chi connectivity index (χ2n) is 9.51. The van der Waals surface area contributed by atoms with Crippen LogP contribution in [0.4, 0.5) is 0 Å². The van der Waals surface area contributed by atoms with Gasteiger partial charge < -0.3 is 14.6 Å². The Morgan fingerprint density at radius 2 is 2.04 bits per heavy atom. The van der Waals surface area contributed by atoms with Gasteiger partial charge in [-0.15, -0.1) is 6.42 Å². The van der Waals surface area contributed by atoms with Gasteiger partial charge in [0.1, 0.15) is 5.60 Å². The van der Waals surface area contributed by atoms with Crippen LogP contribution in [0.2, 0.25) is 0 Å². The molecular weight excluding hydrogens is 325 g/mol. The van der Waals surface area contributed by atoms with Gasteiger partial charge in [0.15, 0.2) is 5.79 Å². The zero-order valence-electron chi connectivity index (χ0n) is 18.7. The maximum atomic E-state index is 11.2. The van der Waals surface area contributed by atoms with Crippen molar-refractivity contribution in [3.8, 4) is 12.3 Å². The molecule has 5 aliphatic rings. The Kier molecular flexibility index (Phi) is 3.06. The lowest BCUT2D eigenvalue weighted by Crippen LogP contribution is -2.52. The van der Waals surface area contributed by atoms with Gasteiger partial charge in [-0.2, -0.15) is 0 Å². The number of allylic oxidation sites excluding steroid dienone is 1. The molecule has 6 atom stereocenters. The van der Waals surface area contributed by atoms with Gasteiger partial charge in [-0.3, -0.25) is 0 Å². The van der Waals surface area contributed by atoms with Gasteiger partial charge in [-0.05, 0) is 62.2 Å². The molecule has 0 unspecified atom stereocenters. The zero-order valence-corrected chi connectivity index (χ0v) is 15.7. The van der Waals surface area contributed by atoms with Crippen molar-refractivity contribution in [1.82, 2.24) is 0 Å². The van der Waals surface area contributed by atoms with E-state index in [9.17, 15) is 5.11 Å². The lowest BCUT2D eigenvalue weighted by Gasteiger charge is -2.55. The average molecular weight is 361 g/mol. The van der Waals surface area contributed by atoms with E-state index in [-0.39, 0.29) is 17.8 Å². The first-order chi connectivity index (χ1) is 13.6. The molecule has 0 radical (unpaired) electrons. The number of ether oxygens (including phenoxy) is 2. The molecule has 1 heterocycles. The van der Waals surface area contributed by atoms with E-state index >= 15 is 0 Å². The minimum atomic E-state index is -2.02.